The fourth-order valence-corrected chi connectivity index (χ4v) is 0.992. The van der Waals surface area contributed by atoms with E-state index < -0.39 is 0 Å². The fourth-order valence-electron chi connectivity index (χ4n) is 0.992. The fraction of sp³-hybridized carbons (Fsp3) is 0.667. The molecule has 1 nitrogen and oxygen atoms in total. The van der Waals surface area contributed by atoms with Crippen LogP contribution in [-0.4, -0.2) is 6.61 Å². The molecule has 0 spiro atoms. The van der Waals surface area contributed by atoms with Crippen LogP contribution in [0.1, 0.15) is 61.3 Å². The zero-order valence-electron chi connectivity index (χ0n) is 13.9. The van der Waals surface area contributed by atoms with Gasteiger partial charge >= 0.3 is 0 Å². The third kappa shape index (κ3) is 13.3. The maximum absolute atomic E-state index is 5.58. The van der Waals surface area contributed by atoms with Crippen molar-refractivity contribution < 1.29 is 4.74 Å². The molecular formula is C18H32O. The lowest BCUT2D eigenvalue weighted by molar-refractivity contribution is 0.243. The Balaban J connectivity index is 0.000000459. The molecule has 0 radical (unpaired) electrons. The van der Waals surface area contributed by atoms with Crippen molar-refractivity contribution >= 4 is 0 Å². The number of rotatable bonds is 3. The van der Waals surface area contributed by atoms with Gasteiger partial charge in [0.25, 0.3) is 0 Å². The minimum atomic E-state index is 0.356. The quantitative estimate of drug-likeness (QED) is 0.656. The summed E-state index contributed by atoms with van der Waals surface area (Å²) in [5, 5.41) is 0. The average Bonchev–Trinajstić information content (AvgIpc) is 2.29. The van der Waals surface area contributed by atoms with Crippen LogP contribution in [0.4, 0.5) is 0 Å². The zero-order chi connectivity index (χ0) is 14.9. The highest BCUT2D eigenvalue weighted by atomic mass is 16.5. The number of para-hydroxylation sites is 1. The van der Waals surface area contributed by atoms with Crippen LogP contribution in [0.3, 0.4) is 0 Å². The second-order valence-electron chi connectivity index (χ2n) is 7.39. The third-order valence-corrected chi connectivity index (χ3v) is 2.92. The summed E-state index contributed by atoms with van der Waals surface area (Å²) < 4.78 is 5.58. The average molecular weight is 264 g/mol. The Morgan fingerprint density at radius 2 is 1.32 bits per heavy atom. The van der Waals surface area contributed by atoms with Crippen LogP contribution in [0.25, 0.3) is 0 Å². The first-order valence-corrected chi connectivity index (χ1v) is 7.32. The number of ether oxygens (including phenoxy) is 1. The van der Waals surface area contributed by atoms with Gasteiger partial charge in [0.2, 0.25) is 0 Å². The van der Waals surface area contributed by atoms with E-state index in [1.54, 1.807) is 0 Å². The van der Waals surface area contributed by atoms with Crippen molar-refractivity contribution in [1.29, 1.82) is 0 Å². The maximum Gasteiger partial charge on any atom is 0.119 e. The Morgan fingerprint density at radius 3 is 1.68 bits per heavy atom. The van der Waals surface area contributed by atoms with Crippen LogP contribution in [-0.2, 0) is 0 Å². The highest BCUT2D eigenvalue weighted by Crippen LogP contribution is 2.19. The molecule has 0 saturated carbocycles. The van der Waals surface area contributed by atoms with Crippen LogP contribution >= 0.6 is 0 Å². The molecule has 0 aliphatic rings. The smallest absolute Gasteiger partial charge is 0.119 e. The Kier molecular flexibility index (Phi) is 7.82. The Morgan fingerprint density at radius 1 is 0.842 bits per heavy atom. The second-order valence-corrected chi connectivity index (χ2v) is 7.39. The van der Waals surface area contributed by atoms with Gasteiger partial charge in [-0.2, -0.15) is 0 Å². The van der Waals surface area contributed by atoms with E-state index in [1.807, 2.05) is 30.3 Å². The summed E-state index contributed by atoms with van der Waals surface area (Å²) in [5.41, 5.74) is 0.898. The highest BCUT2D eigenvalue weighted by Gasteiger charge is 2.09. The summed E-state index contributed by atoms with van der Waals surface area (Å²) in [6.07, 6.45) is 2.36. The molecule has 0 saturated heterocycles. The molecule has 0 bridgehead atoms. The molecule has 1 aromatic rings. The van der Waals surface area contributed by atoms with Gasteiger partial charge in [-0.1, -0.05) is 73.1 Å². The molecule has 1 aromatic carbocycles. The molecular weight excluding hydrogens is 232 g/mol. The number of hydrogen-bond donors (Lipinski definition) is 0. The molecule has 0 unspecified atom stereocenters. The molecule has 19 heavy (non-hydrogen) atoms. The van der Waals surface area contributed by atoms with E-state index in [0.29, 0.717) is 10.8 Å². The van der Waals surface area contributed by atoms with Crippen molar-refractivity contribution in [3.8, 4) is 5.75 Å². The molecule has 0 atom stereocenters. The summed E-state index contributed by atoms with van der Waals surface area (Å²) in [6.45, 7) is 16.4. The first kappa shape index (κ1) is 18.0. The van der Waals surface area contributed by atoms with Crippen LogP contribution < -0.4 is 4.74 Å². The lowest BCUT2D eigenvalue weighted by Crippen LogP contribution is -2.10. The van der Waals surface area contributed by atoms with Crippen molar-refractivity contribution in [2.45, 2.75) is 61.3 Å². The van der Waals surface area contributed by atoms with Gasteiger partial charge in [0.1, 0.15) is 5.75 Å². The van der Waals surface area contributed by atoms with Crippen LogP contribution in [0, 0.1) is 10.8 Å². The van der Waals surface area contributed by atoms with Crippen LogP contribution in [0.2, 0.25) is 0 Å². The second kappa shape index (κ2) is 8.24. The van der Waals surface area contributed by atoms with Crippen molar-refractivity contribution in [2.75, 3.05) is 6.61 Å². The predicted molar refractivity (Wildman–Crippen MR) is 85.8 cm³/mol. The lowest BCUT2D eigenvalue weighted by Gasteiger charge is -2.17. The highest BCUT2D eigenvalue weighted by molar-refractivity contribution is 5.20. The van der Waals surface area contributed by atoms with Gasteiger partial charge in [-0.15, -0.1) is 0 Å². The van der Waals surface area contributed by atoms with E-state index in [2.05, 4.69) is 48.5 Å². The molecule has 0 aromatic heterocycles. The van der Waals surface area contributed by atoms with E-state index in [4.69, 9.17) is 4.74 Å². The summed E-state index contributed by atoms with van der Waals surface area (Å²) >= 11 is 0. The van der Waals surface area contributed by atoms with Crippen LogP contribution in [0.15, 0.2) is 30.3 Å². The van der Waals surface area contributed by atoms with Gasteiger partial charge < -0.3 is 4.74 Å². The van der Waals surface area contributed by atoms with Crippen molar-refractivity contribution in [3.63, 3.8) is 0 Å². The van der Waals surface area contributed by atoms with Crippen LogP contribution in [0.5, 0.6) is 5.75 Å². The predicted octanol–water partition coefficient (Wildman–Crippen LogP) is 5.94. The Bertz CT molecular complexity index is 314. The van der Waals surface area contributed by atoms with Gasteiger partial charge in [0.15, 0.2) is 0 Å². The first-order valence-electron chi connectivity index (χ1n) is 7.32. The third-order valence-electron chi connectivity index (χ3n) is 2.92. The molecule has 0 fully saturated rings. The number of benzene rings is 1. The minimum Gasteiger partial charge on any atom is -0.494 e. The van der Waals surface area contributed by atoms with E-state index >= 15 is 0 Å². The normalized spacial score (nSPS) is 11.5. The largest absolute Gasteiger partial charge is 0.494 e. The van der Waals surface area contributed by atoms with Gasteiger partial charge in [-0.3, -0.25) is 0 Å². The zero-order valence-corrected chi connectivity index (χ0v) is 13.9. The topological polar surface area (TPSA) is 9.23 Å². The summed E-state index contributed by atoms with van der Waals surface area (Å²) in [4.78, 5) is 0. The SMILES string of the molecule is CC(C)(C)CCOc1ccccc1.CCC(C)(C)C. The molecule has 1 rings (SSSR count). The van der Waals surface area contributed by atoms with Gasteiger partial charge in [-0.05, 0) is 29.4 Å². The minimum absolute atomic E-state index is 0.356. The van der Waals surface area contributed by atoms with E-state index in [0.717, 1.165) is 18.8 Å². The van der Waals surface area contributed by atoms with E-state index in [1.165, 1.54) is 6.42 Å². The molecule has 0 N–H and O–H groups in total. The molecule has 0 aliphatic heterocycles. The monoisotopic (exact) mass is 264 g/mol. The van der Waals surface area contributed by atoms with E-state index in [9.17, 15) is 0 Å². The van der Waals surface area contributed by atoms with Crippen molar-refractivity contribution in [1.82, 2.24) is 0 Å². The molecule has 0 amide bonds. The van der Waals surface area contributed by atoms with E-state index in [-0.39, 0.29) is 0 Å². The lowest BCUT2D eigenvalue weighted by atomic mass is 9.93. The van der Waals surface area contributed by atoms with Gasteiger partial charge in [0.05, 0.1) is 6.61 Å². The summed E-state index contributed by atoms with van der Waals surface area (Å²) in [5.74, 6) is 0.965. The van der Waals surface area contributed by atoms with Crippen molar-refractivity contribution in [3.05, 3.63) is 30.3 Å². The standard InChI is InChI=1S/C12H18O.C6H14/c1-12(2,3)9-10-13-11-7-5-4-6-8-11;1-5-6(2,3)4/h4-8H,9-10H2,1-3H3;5H2,1-4H3. The summed E-state index contributed by atoms with van der Waals surface area (Å²) in [6, 6.07) is 9.96. The van der Waals surface area contributed by atoms with Gasteiger partial charge in [-0.25, -0.2) is 0 Å². The molecule has 1 heteroatoms. The van der Waals surface area contributed by atoms with Crippen molar-refractivity contribution in [2.24, 2.45) is 10.8 Å². The Hall–Kier alpha value is -0.980. The Labute approximate surface area is 120 Å². The first-order chi connectivity index (χ1) is 8.64. The maximum atomic E-state index is 5.58. The molecule has 110 valence electrons. The molecule has 0 heterocycles. The van der Waals surface area contributed by atoms with Gasteiger partial charge in [0, 0.05) is 0 Å². The number of hydrogen-bond acceptors (Lipinski definition) is 1. The molecule has 0 aliphatic carbocycles. The summed E-state index contributed by atoms with van der Waals surface area (Å²) in [7, 11) is 0.